The van der Waals surface area contributed by atoms with Crippen LogP contribution in [0.1, 0.15) is 29.2 Å². The lowest BCUT2D eigenvalue weighted by Crippen LogP contribution is -2.31. The molecule has 2 aliphatic rings. The van der Waals surface area contributed by atoms with Crippen LogP contribution in [0.15, 0.2) is 65.1 Å². The molecule has 122 valence electrons. The lowest BCUT2D eigenvalue weighted by atomic mass is 9.81. The molecular formula is C20H19NO2S. The molecule has 0 spiro atoms. The van der Waals surface area contributed by atoms with E-state index in [1.807, 2.05) is 18.2 Å². The Bertz CT molecular complexity index is 798. The van der Waals surface area contributed by atoms with Crippen molar-refractivity contribution in [2.45, 2.75) is 19.4 Å². The lowest BCUT2D eigenvalue weighted by Gasteiger charge is -2.35. The molecule has 4 rings (SSSR count). The summed E-state index contributed by atoms with van der Waals surface area (Å²) in [6.07, 6.45) is 0.869. The van der Waals surface area contributed by atoms with Gasteiger partial charge in [0.1, 0.15) is 5.75 Å². The number of ether oxygens (including phenoxy) is 1. The Morgan fingerprint density at radius 1 is 1.12 bits per heavy atom. The SMILES string of the molecule is C=C1CO[C@H](c2ccc(C)cc2)C(C2=NSOc3ccccc32)C1. The van der Waals surface area contributed by atoms with Gasteiger partial charge in [-0.05, 0) is 31.0 Å². The molecule has 0 aliphatic carbocycles. The van der Waals surface area contributed by atoms with Crippen LogP contribution in [0.4, 0.5) is 0 Å². The van der Waals surface area contributed by atoms with Crippen molar-refractivity contribution in [3.05, 3.63) is 77.4 Å². The van der Waals surface area contributed by atoms with E-state index in [9.17, 15) is 0 Å². The predicted octanol–water partition coefficient (Wildman–Crippen LogP) is 5.07. The van der Waals surface area contributed by atoms with Crippen molar-refractivity contribution in [3.63, 3.8) is 0 Å². The molecule has 2 atom stereocenters. The van der Waals surface area contributed by atoms with Gasteiger partial charge < -0.3 is 8.92 Å². The minimum atomic E-state index is -0.0124. The van der Waals surface area contributed by atoms with E-state index in [2.05, 4.69) is 48.2 Å². The molecule has 0 saturated carbocycles. The van der Waals surface area contributed by atoms with Crippen molar-refractivity contribution in [1.82, 2.24) is 0 Å². The summed E-state index contributed by atoms with van der Waals surface area (Å²) in [6.45, 7) is 6.84. The lowest BCUT2D eigenvalue weighted by molar-refractivity contribution is 0.0209. The van der Waals surface area contributed by atoms with Crippen LogP contribution in [-0.2, 0) is 4.74 Å². The van der Waals surface area contributed by atoms with E-state index in [0.717, 1.165) is 41.2 Å². The van der Waals surface area contributed by atoms with Crippen molar-refractivity contribution in [2.75, 3.05) is 6.61 Å². The largest absolute Gasteiger partial charge is 0.403 e. The number of benzene rings is 2. The first-order valence-electron chi connectivity index (χ1n) is 8.08. The second-order valence-electron chi connectivity index (χ2n) is 6.33. The first-order valence-corrected chi connectivity index (χ1v) is 8.78. The van der Waals surface area contributed by atoms with Crippen LogP contribution in [0.25, 0.3) is 0 Å². The summed E-state index contributed by atoms with van der Waals surface area (Å²) in [6, 6.07) is 16.6. The molecule has 4 heteroatoms. The first-order chi connectivity index (χ1) is 11.7. The molecule has 0 bridgehead atoms. The average Bonchev–Trinajstić information content (AvgIpc) is 2.62. The molecule has 3 nitrogen and oxygen atoms in total. The van der Waals surface area contributed by atoms with Crippen molar-refractivity contribution in [2.24, 2.45) is 10.3 Å². The summed E-state index contributed by atoms with van der Waals surface area (Å²) in [5.41, 5.74) is 5.64. The van der Waals surface area contributed by atoms with Gasteiger partial charge in [0.15, 0.2) is 0 Å². The maximum Gasteiger partial charge on any atom is 0.201 e. The number of nitrogens with zero attached hydrogens (tertiary/aromatic N) is 1. The molecule has 2 aliphatic heterocycles. The number of fused-ring (bicyclic) bond motifs is 1. The zero-order valence-electron chi connectivity index (χ0n) is 13.6. The number of para-hydroxylation sites is 1. The zero-order valence-corrected chi connectivity index (χ0v) is 14.4. The van der Waals surface area contributed by atoms with Crippen LogP contribution < -0.4 is 4.18 Å². The van der Waals surface area contributed by atoms with Crippen LogP contribution >= 0.6 is 12.2 Å². The van der Waals surface area contributed by atoms with E-state index in [1.165, 1.54) is 11.1 Å². The Balaban J connectivity index is 1.74. The normalized spacial score (nSPS) is 23.2. The van der Waals surface area contributed by atoms with Gasteiger partial charge in [0.05, 0.1) is 18.4 Å². The second-order valence-corrected chi connectivity index (χ2v) is 6.83. The van der Waals surface area contributed by atoms with Gasteiger partial charge in [-0.25, -0.2) is 0 Å². The molecule has 0 aromatic heterocycles. The van der Waals surface area contributed by atoms with E-state index in [0.29, 0.717) is 6.61 Å². The molecule has 2 heterocycles. The van der Waals surface area contributed by atoms with Gasteiger partial charge in [0, 0.05) is 11.5 Å². The predicted molar refractivity (Wildman–Crippen MR) is 98.3 cm³/mol. The Kier molecular flexibility index (Phi) is 4.17. The van der Waals surface area contributed by atoms with Crippen molar-refractivity contribution >= 4 is 17.9 Å². The van der Waals surface area contributed by atoms with Crippen LogP contribution in [0.5, 0.6) is 5.75 Å². The molecule has 1 fully saturated rings. The smallest absolute Gasteiger partial charge is 0.201 e. The second kappa shape index (κ2) is 6.46. The van der Waals surface area contributed by atoms with Gasteiger partial charge >= 0.3 is 0 Å². The van der Waals surface area contributed by atoms with E-state index in [4.69, 9.17) is 8.92 Å². The van der Waals surface area contributed by atoms with Gasteiger partial charge in [-0.15, -0.1) is 0 Å². The molecule has 24 heavy (non-hydrogen) atoms. The Morgan fingerprint density at radius 3 is 2.75 bits per heavy atom. The van der Waals surface area contributed by atoms with E-state index in [-0.39, 0.29) is 12.0 Å². The number of rotatable bonds is 2. The number of hydrogen-bond donors (Lipinski definition) is 0. The van der Waals surface area contributed by atoms with Gasteiger partial charge in [0.2, 0.25) is 12.2 Å². The molecule has 1 saturated heterocycles. The third kappa shape index (κ3) is 2.87. The fourth-order valence-electron chi connectivity index (χ4n) is 3.29. The fourth-order valence-corrected chi connectivity index (χ4v) is 3.87. The zero-order chi connectivity index (χ0) is 16.5. The standard InChI is InChI=1S/C20H19NO2S/c1-13-7-9-15(10-8-13)20-17(11-14(2)12-22-20)19-16-5-3-4-6-18(16)23-24-21-19/h3-10,17,20H,2,11-12H2,1H3/t17?,20-/m1/s1. The van der Waals surface area contributed by atoms with Crippen molar-refractivity contribution < 1.29 is 8.92 Å². The van der Waals surface area contributed by atoms with Crippen LogP contribution in [0.2, 0.25) is 0 Å². The Morgan fingerprint density at radius 2 is 1.92 bits per heavy atom. The van der Waals surface area contributed by atoms with E-state index < -0.39 is 0 Å². The summed E-state index contributed by atoms with van der Waals surface area (Å²) in [4.78, 5) is 0. The topological polar surface area (TPSA) is 30.8 Å². The van der Waals surface area contributed by atoms with Gasteiger partial charge in [-0.1, -0.05) is 54.1 Å². The first kappa shape index (κ1) is 15.5. The number of aryl methyl sites for hydroxylation is 1. The van der Waals surface area contributed by atoms with Crippen LogP contribution in [-0.4, -0.2) is 12.3 Å². The van der Waals surface area contributed by atoms with Gasteiger partial charge in [-0.2, -0.15) is 4.40 Å². The Hall–Kier alpha value is -2.04. The monoisotopic (exact) mass is 337 g/mol. The molecule has 2 aromatic carbocycles. The minimum absolute atomic E-state index is 0.0124. The maximum atomic E-state index is 6.17. The third-order valence-corrected chi connectivity index (χ3v) is 5.05. The van der Waals surface area contributed by atoms with Crippen LogP contribution in [0.3, 0.4) is 0 Å². The minimum Gasteiger partial charge on any atom is -0.403 e. The van der Waals surface area contributed by atoms with Crippen LogP contribution in [0, 0.1) is 12.8 Å². The highest BCUT2D eigenvalue weighted by Gasteiger charge is 2.35. The van der Waals surface area contributed by atoms with E-state index >= 15 is 0 Å². The van der Waals surface area contributed by atoms with Gasteiger partial charge in [0.25, 0.3) is 0 Å². The molecular weight excluding hydrogens is 318 g/mol. The number of hydrogen-bond acceptors (Lipinski definition) is 4. The summed E-state index contributed by atoms with van der Waals surface area (Å²) in [5.74, 6) is 1.01. The molecule has 0 amide bonds. The highest BCUT2D eigenvalue weighted by molar-refractivity contribution is 7.93. The quantitative estimate of drug-likeness (QED) is 0.435. The van der Waals surface area contributed by atoms with Gasteiger partial charge in [-0.3, -0.25) is 0 Å². The highest BCUT2D eigenvalue weighted by Crippen LogP contribution is 2.41. The summed E-state index contributed by atoms with van der Waals surface area (Å²) in [7, 11) is 0. The summed E-state index contributed by atoms with van der Waals surface area (Å²) < 4.78 is 16.4. The maximum absolute atomic E-state index is 6.17. The molecule has 0 radical (unpaired) electrons. The Labute approximate surface area is 146 Å². The molecule has 1 unspecified atom stereocenters. The van der Waals surface area contributed by atoms with Crippen molar-refractivity contribution in [3.8, 4) is 5.75 Å². The van der Waals surface area contributed by atoms with E-state index in [1.54, 1.807) is 0 Å². The molecule has 0 N–H and O–H groups in total. The fraction of sp³-hybridized carbons (Fsp3) is 0.250. The van der Waals surface area contributed by atoms with Crippen molar-refractivity contribution in [1.29, 1.82) is 0 Å². The summed E-state index contributed by atoms with van der Waals surface area (Å²) >= 11 is 1.14. The third-order valence-electron chi connectivity index (χ3n) is 4.52. The highest BCUT2D eigenvalue weighted by atomic mass is 32.2. The average molecular weight is 337 g/mol. The molecule has 2 aromatic rings. The summed E-state index contributed by atoms with van der Waals surface area (Å²) in [5, 5.41) is 0.